The molecule has 2 aromatic heterocycles. The van der Waals surface area contributed by atoms with Crippen LogP contribution in [0.25, 0.3) is 10.1 Å². The number of benzene rings is 1. The van der Waals surface area contributed by atoms with Crippen molar-refractivity contribution in [3.05, 3.63) is 59.4 Å². The molecule has 0 fully saturated rings. The van der Waals surface area contributed by atoms with Gasteiger partial charge in [-0.25, -0.2) is 0 Å². The Kier molecular flexibility index (Phi) is 5.05. The van der Waals surface area contributed by atoms with Crippen LogP contribution >= 0.6 is 11.3 Å². The van der Waals surface area contributed by atoms with Gasteiger partial charge in [-0.15, -0.1) is 11.3 Å². The zero-order chi connectivity index (χ0) is 14.3. The van der Waals surface area contributed by atoms with E-state index in [1.54, 1.807) is 6.26 Å². The molecule has 2 heterocycles. The summed E-state index contributed by atoms with van der Waals surface area (Å²) < 4.78 is 12.1. The van der Waals surface area contributed by atoms with E-state index in [1.165, 1.54) is 15.6 Å². The highest BCUT2D eigenvalue weighted by Crippen LogP contribution is 2.25. The third-order valence-corrected chi connectivity index (χ3v) is 4.36. The summed E-state index contributed by atoms with van der Waals surface area (Å²) in [5.74, 6) is 0.882. The fourth-order valence-corrected chi connectivity index (χ4v) is 3.22. The first-order chi connectivity index (χ1) is 10.4. The van der Waals surface area contributed by atoms with Crippen LogP contribution in [-0.2, 0) is 17.9 Å². The number of thiophene rings is 1. The highest BCUT2D eigenvalue weighted by molar-refractivity contribution is 7.17. The second kappa shape index (κ2) is 7.41. The number of hydrogen-bond acceptors (Lipinski definition) is 4. The van der Waals surface area contributed by atoms with Gasteiger partial charge in [0.25, 0.3) is 0 Å². The van der Waals surface area contributed by atoms with Gasteiger partial charge in [0.15, 0.2) is 0 Å². The number of hydrogen-bond donors (Lipinski definition) is 1. The SMILES string of the molecule is c1coc(COCCCNCc2csc3ccccc23)c1. The molecule has 3 rings (SSSR count). The van der Waals surface area contributed by atoms with Crippen molar-refractivity contribution in [3.63, 3.8) is 0 Å². The Balaban J connectivity index is 1.33. The van der Waals surface area contributed by atoms with Crippen LogP contribution in [0.3, 0.4) is 0 Å². The van der Waals surface area contributed by atoms with E-state index in [0.29, 0.717) is 6.61 Å². The van der Waals surface area contributed by atoms with Gasteiger partial charge in [0.1, 0.15) is 12.4 Å². The first-order valence-electron chi connectivity index (χ1n) is 7.19. The predicted molar refractivity (Wildman–Crippen MR) is 86.5 cm³/mol. The van der Waals surface area contributed by atoms with E-state index in [0.717, 1.165) is 31.9 Å². The minimum Gasteiger partial charge on any atom is -0.467 e. The monoisotopic (exact) mass is 301 g/mol. The van der Waals surface area contributed by atoms with Crippen LogP contribution in [-0.4, -0.2) is 13.2 Å². The highest BCUT2D eigenvalue weighted by Gasteiger charge is 2.02. The summed E-state index contributed by atoms with van der Waals surface area (Å²) in [6, 6.07) is 12.4. The van der Waals surface area contributed by atoms with Crippen LogP contribution in [0, 0.1) is 0 Å². The second-order valence-electron chi connectivity index (χ2n) is 4.92. The average molecular weight is 301 g/mol. The maximum Gasteiger partial charge on any atom is 0.129 e. The second-order valence-corrected chi connectivity index (χ2v) is 5.83. The molecule has 0 saturated heterocycles. The summed E-state index contributed by atoms with van der Waals surface area (Å²) in [6.45, 7) is 3.19. The lowest BCUT2D eigenvalue weighted by molar-refractivity contribution is 0.104. The van der Waals surface area contributed by atoms with Crippen molar-refractivity contribution >= 4 is 21.4 Å². The molecule has 110 valence electrons. The number of rotatable bonds is 8. The van der Waals surface area contributed by atoms with Gasteiger partial charge in [-0.1, -0.05) is 18.2 Å². The third-order valence-electron chi connectivity index (χ3n) is 3.34. The average Bonchev–Trinajstić information content (AvgIpc) is 3.16. The van der Waals surface area contributed by atoms with E-state index in [1.807, 2.05) is 23.5 Å². The maximum atomic E-state index is 5.55. The molecule has 3 aromatic rings. The van der Waals surface area contributed by atoms with Gasteiger partial charge in [-0.2, -0.15) is 0 Å². The lowest BCUT2D eigenvalue weighted by Crippen LogP contribution is -2.16. The molecule has 3 nitrogen and oxygen atoms in total. The smallest absolute Gasteiger partial charge is 0.129 e. The van der Waals surface area contributed by atoms with Gasteiger partial charge < -0.3 is 14.5 Å². The van der Waals surface area contributed by atoms with Crippen molar-refractivity contribution in [3.8, 4) is 0 Å². The molecule has 0 unspecified atom stereocenters. The molecule has 0 bridgehead atoms. The minimum atomic E-state index is 0.558. The molecule has 0 atom stereocenters. The molecule has 0 radical (unpaired) electrons. The zero-order valence-electron chi connectivity index (χ0n) is 11.9. The molecule has 0 aliphatic heterocycles. The lowest BCUT2D eigenvalue weighted by Gasteiger charge is -2.05. The van der Waals surface area contributed by atoms with Crippen molar-refractivity contribution < 1.29 is 9.15 Å². The van der Waals surface area contributed by atoms with Crippen molar-refractivity contribution in [1.82, 2.24) is 5.32 Å². The molecule has 1 N–H and O–H groups in total. The van der Waals surface area contributed by atoms with E-state index >= 15 is 0 Å². The van der Waals surface area contributed by atoms with E-state index in [4.69, 9.17) is 9.15 Å². The Labute approximate surface area is 128 Å². The van der Waals surface area contributed by atoms with E-state index in [2.05, 4.69) is 35.0 Å². The largest absolute Gasteiger partial charge is 0.467 e. The van der Waals surface area contributed by atoms with Crippen LogP contribution < -0.4 is 5.32 Å². The Morgan fingerprint density at radius 1 is 1.14 bits per heavy atom. The van der Waals surface area contributed by atoms with Crippen LogP contribution in [0.1, 0.15) is 17.7 Å². The molecular weight excluding hydrogens is 282 g/mol. The summed E-state index contributed by atoms with van der Waals surface area (Å²) in [5, 5.41) is 7.08. The summed E-state index contributed by atoms with van der Waals surface area (Å²) >= 11 is 1.81. The molecule has 0 saturated carbocycles. The van der Waals surface area contributed by atoms with Crippen molar-refractivity contribution in [1.29, 1.82) is 0 Å². The first kappa shape index (κ1) is 14.3. The minimum absolute atomic E-state index is 0.558. The highest BCUT2D eigenvalue weighted by atomic mass is 32.1. The Morgan fingerprint density at radius 3 is 3.00 bits per heavy atom. The fraction of sp³-hybridized carbons (Fsp3) is 0.294. The Hall–Kier alpha value is -1.62. The normalized spacial score (nSPS) is 11.2. The van der Waals surface area contributed by atoms with Gasteiger partial charge >= 0.3 is 0 Å². The summed E-state index contributed by atoms with van der Waals surface area (Å²) in [7, 11) is 0. The standard InChI is InChI=1S/C17H19NO2S/c1-2-7-17-16(6-1)14(13-21-17)11-18-8-4-9-19-12-15-5-3-10-20-15/h1-3,5-7,10,13,18H,4,8-9,11-12H2. The maximum absolute atomic E-state index is 5.55. The van der Waals surface area contributed by atoms with E-state index < -0.39 is 0 Å². The van der Waals surface area contributed by atoms with Crippen LogP contribution in [0.2, 0.25) is 0 Å². The molecule has 21 heavy (non-hydrogen) atoms. The zero-order valence-corrected chi connectivity index (χ0v) is 12.7. The topological polar surface area (TPSA) is 34.4 Å². The molecule has 4 heteroatoms. The van der Waals surface area contributed by atoms with Gasteiger partial charge in [0, 0.05) is 17.9 Å². The van der Waals surface area contributed by atoms with Crippen molar-refractivity contribution in [2.24, 2.45) is 0 Å². The summed E-state index contributed by atoms with van der Waals surface area (Å²) in [4.78, 5) is 0. The number of furan rings is 1. The Bertz CT molecular complexity index is 660. The first-order valence-corrected chi connectivity index (χ1v) is 8.07. The summed E-state index contributed by atoms with van der Waals surface area (Å²) in [6.07, 6.45) is 2.67. The molecule has 1 aromatic carbocycles. The van der Waals surface area contributed by atoms with Crippen LogP contribution in [0.15, 0.2) is 52.5 Å². The van der Waals surface area contributed by atoms with Crippen LogP contribution in [0.4, 0.5) is 0 Å². The van der Waals surface area contributed by atoms with Gasteiger partial charge in [-0.05, 0) is 47.5 Å². The predicted octanol–water partition coefficient (Wildman–Crippen LogP) is 4.19. The van der Waals surface area contributed by atoms with Gasteiger partial charge in [0.2, 0.25) is 0 Å². The third kappa shape index (κ3) is 3.94. The van der Waals surface area contributed by atoms with Crippen molar-refractivity contribution in [2.75, 3.05) is 13.2 Å². The summed E-state index contributed by atoms with van der Waals surface area (Å²) in [5.41, 5.74) is 1.38. The van der Waals surface area contributed by atoms with Gasteiger partial charge in [-0.3, -0.25) is 0 Å². The number of ether oxygens (including phenoxy) is 1. The van der Waals surface area contributed by atoms with Crippen LogP contribution in [0.5, 0.6) is 0 Å². The lowest BCUT2D eigenvalue weighted by atomic mass is 10.2. The Morgan fingerprint density at radius 2 is 2.10 bits per heavy atom. The van der Waals surface area contributed by atoms with Crippen molar-refractivity contribution in [2.45, 2.75) is 19.6 Å². The molecule has 0 amide bonds. The van der Waals surface area contributed by atoms with Gasteiger partial charge in [0.05, 0.1) is 6.26 Å². The number of nitrogens with one attached hydrogen (secondary N) is 1. The molecular formula is C17H19NO2S. The molecule has 0 aliphatic carbocycles. The molecule has 0 aliphatic rings. The number of fused-ring (bicyclic) bond motifs is 1. The van der Waals surface area contributed by atoms with E-state index in [9.17, 15) is 0 Å². The molecule has 0 spiro atoms. The van der Waals surface area contributed by atoms with E-state index in [-0.39, 0.29) is 0 Å². The fourth-order valence-electron chi connectivity index (χ4n) is 2.26. The quantitative estimate of drug-likeness (QED) is 0.633.